The predicted molar refractivity (Wildman–Crippen MR) is 130 cm³/mol. The highest BCUT2D eigenvalue weighted by atomic mass is 16.5. The first-order valence-electron chi connectivity index (χ1n) is 12.1. The maximum atomic E-state index is 13.0. The van der Waals surface area contributed by atoms with Crippen LogP contribution in [-0.4, -0.2) is 66.9 Å². The van der Waals surface area contributed by atoms with Crippen LogP contribution in [0.1, 0.15) is 43.2 Å². The quantitative estimate of drug-likeness (QED) is 0.598. The van der Waals surface area contributed by atoms with Crippen molar-refractivity contribution in [1.29, 1.82) is 0 Å². The number of rotatable bonds is 8. The van der Waals surface area contributed by atoms with Gasteiger partial charge in [-0.25, -0.2) is 9.59 Å². The van der Waals surface area contributed by atoms with Crippen molar-refractivity contribution in [1.82, 2.24) is 10.2 Å². The molecule has 1 aliphatic heterocycles. The summed E-state index contributed by atoms with van der Waals surface area (Å²) in [6.45, 7) is 2.76. The van der Waals surface area contributed by atoms with Gasteiger partial charge in [0.1, 0.15) is 18.8 Å². The number of alkyl carbamates (subject to hydrolysis) is 1. The van der Waals surface area contributed by atoms with Gasteiger partial charge in [-0.05, 0) is 41.0 Å². The number of ether oxygens (including phenoxy) is 2. The number of nitrogens with one attached hydrogen (secondary N) is 1. The number of aliphatic carboxylic acids is 1. The molecule has 1 fully saturated rings. The van der Waals surface area contributed by atoms with Gasteiger partial charge in [0, 0.05) is 32.5 Å². The van der Waals surface area contributed by atoms with Crippen LogP contribution in [0.4, 0.5) is 4.79 Å². The molecule has 3 atom stereocenters. The zero-order valence-corrected chi connectivity index (χ0v) is 20.1. The first-order valence-corrected chi connectivity index (χ1v) is 12.1. The normalized spacial score (nSPS) is 20.0. The number of carboxylic acids is 1. The molecular weight excluding hydrogens is 448 g/mol. The average molecular weight is 481 g/mol. The largest absolute Gasteiger partial charge is 0.480 e. The van der Waals surface area contributed by atoms with E-state index >= 15 is 0 Å². The number of nitrogens with zero attached hydrogens (tertiary/aromatic N) is 1. The zero-order valence-electron chi connectivity index (χ0n) is 20.1. The number of methoxy groups -OCH3 is 1. The molecule has 0 aromatic heterocycles. The highest BCUT2D eigenvalue weighted by molar-refractivity contribution is 5.86. The first-order chi connectivity index (χ1) is 16.9. The van der Waals surface area contributed by atoms with Gasteiger partial charge in [0.25, 0.3) is 5.91 Å². The molecule has 1 heterocycles. The summed E-state index contributed by atoms with van der Waals surface area (Å²) in [5.41, 5.74) is 4.58. The fourth-order valence-corrected chi connectivity index (χ4v) is 5.13. The van der Waals surface area contributed by atoms with Crippen molar-refractivity contribution in [3.8, 4) is 11.1 Å². The molecule has 4 rings (SSSR count). The van der Waals surface area contributed by atoms with Crippen LogP contribution < -0.4 is 5.32 Å². The Hall–Kier alpha value is -3.39. The number of piperidine rings is 1. The average Bonchev–Trinajstić information content (AvgIpc) is 3.18. The van der Waals surface area contributed by atoms with Gasteiger partial charge in [-0.3, -0.25) is 4.79 Å². The summed E-state index contributed by atoms with van der Waals surface area (Å²) >= 11 is 0. The third kappa shape index (κ3) is 5.32. The van der Waals surface area contributed by atoms with Crippen molar-refractivity contribution in [2.75, 3.05) is 26.8 Å². The molecule has 2 N–H and O–H groups in total. The fourth-order valence-electron chi connectivity index (χ4n) is 5.13. The molecule has 1 aliphatic carbocycles. The molecule has 8 heteroatoms. The highest BCUT2D eigenvalue weighted by Crippen LogP contribution is 2.44. The van der Waals surface area contributed by atoms with E-state index < -0.39 is 24.2 Å². The van der Waals surface area contributed by atoms with E-state index in [-0.39, 0.29) is 37.3 Å². The SMILES string of the molecule is COC(CCNC(=O)OCC1c2ccccc2-c2ccccc21)C(=O)N1CC(C)CCC1C(=O)O. The number of fused-ring (bicyclic) bond motifs is 3. The van der Waals surface area contributed by atoms with Crippen molar-refractivity contribution < 1.29 is 29.0 Å². The van der Waals surface area contributed by atoms with E-state index in [2.05, 4.69) is 29.6 Å². The Labute approximate surface area is 205 Å². The molecule has 2 amide bonds. The number of benzene rings is 2. The number of likely N-dealkylation sites (tertiary alicyclic amines) is 1. The van der Waals surface area contributed by atoms with Gasteiger partial charge in [0.05, 0.1) is 0 Å². The monoisotopic (exact) mass is 480 g/mol. The lowest BCUT2D eigenvalue weighted by atomic mass is 9.93. The molecule has 0 spiro atoms. The van der Waals surface area contributed by atoms with Crippen molar-refractivity contribution in [2.45, 2.75) is 44.2 Å². The second-order valence-electron chi connectivity index (χ2n) is 9.29. The van der Waals surface area contributed by atoms with Gasteiger partial charge in [-0.2, -0.15) is 0 Å². The second kappa shape index (κ2) is 10.9. The first kappa shape index (κ1) is 24.7. The van der Waals surface area contributed by atoms with Crippen LogP contribution >= 0.6 is 0 Å². The Kier molecular flexibility index (Phi) is 7.70. The Morgan fingerprint density at radius 2 is 1.69 bits per heavy atom. The van der Waals surface area contributed by atoms with Crippen LogP contribution in [0.2, 0.25) is 0 Å². The van der Waals surface area contributed by atoms with Crippen LogP contribution in [0.5, 0.6) is 0 Å². The summed E-state index contributed by atoms with van der Waals surface area (Å²) in [6, 6.07) is 15.4. The van der Waals surface area contributed by atoms with Crippen LogP contribution in [0, 0.1) is 5.92 Å². The number of hydrogen-bond donors (Lipinski definition) is 2. The zero-order chi connectivity index (χ0) is 24.9. The number of hydrogen-bond acceptors (Lipinski definition) is 5. The smallest absolute Gasteiger partial charge is 0.407 e. The van der Waals surface area contributed by atoms with Gasteiger partial charge in [-0.15, -0.1) is 0 Å². The number of carbonyl (C=O) groups excluding carboxylic acids is 2. The molecule has 0 radical (unpaired) electrons. The van der Waals surface area contributed by atoms with E-state index in [1.807, 2.05) is 31.2 Å². The molecule has 35 heavy (non-hydrogen) atoms. The topological polar surface area (TPSA) is 105 Å². The molecule has 0 saturated carbocycles. The van der Waals surface area contributed by atoms with Crippen molar-refractivity contribution in [3.63, 3.8) is 0 Å². The molecule has 2 aromatic carbocycles. The van der Waals surface area contributed by atoms with Gasteiger partial charge in [0.2, 0.25) is 0 Å². The lowest BCUT2D eigenvalue weighted by molar-refractivity contribution is -0.158. The maximum Gasteiger partial charge on any atom is 0.407 e. The Balaban J connectivity index is 1.30. The van der Waals surface area contributed by atoms with Crippen LogP contribution in [0.15, 0.2) is 48.5 Å². The summed E-state index contributed by atoms with van der Waals surface area (Å²) in [5.74, 6) is -1.17. The Morgan fingerprint density at radius 3 is 2.29 bits per heavy atom. The van der Waals surface area contributed by atoms with E-state index in [0.717, 1.165) is 28.7 Å². The number of carboxylic acid groups (broad SMARTS) is 1. The van der Waals surface area contributed by atoms with E-state index in [1.54, 1.807) is 0 Å². The molecule has 0 bridgehead atoms. The standard InChI is InChI=1S/C27H32N2O6/c1-17-11-12-23(26(31)32)29(15-17)25(30)24(34-2)13-14-28-27(33)35-16-22-20-9-5-3-7-18(20)19-8-4-6-10-21(19)22/h3-10,17,22-24H,11-16H2,1-2H3,(H,28,33)(H,31,32). The van der Waals surface area contributed by atoms with Crippen LogP contribution in [0.3, 0.4) is 0 Å². The van der Waals surface area contributed by atoms with Gasteiger partial charge < -0.3 is 24.8 Å². The van der Waals surface area contributed by atoms with E-state index in [1.165, 1.54) is 12.0 Å². The fraction of sp³-hybridized carbons (Fsp3) is 0.444. The lowest BCUT2D eigenvalue weighted by Crippen LogP contribution is -2.54. The van der Waals surface area contributed by atoms with Crippen molar-refractivity contribution in [3.05, 3.63) is 59.7 Å². The second-order valence-corrected chi connectivity index (χ2v) is 9.29. The minimum atomic E-state index is -1.00. The van der Waals surface area contributed by atoms with Crippen LogP contribution in [0.25, 0.3) is 11.1 Å². The predicted octanol–water partition coefficient (Wildman–Crippen LogP) is 3.64. The van der Waals surface area contributed by atoms with Crippen molar-refractivity contribution in [2.24, 2.45) is 5.92 Å². The molecule has 3 unspecified atom stereocenters. The van der Waals surface area contributed by atoms with Gasteiger partial charge in [0.15, 0.2) is 0 Å². The van der Waals surface area contributed by atoms with Gasteiger partial charge in [-0.1, -0.05) is 55.5 Å². The molecule has 186 valence electrons. The summed E-state index contributed by atoms with van der Waals surface area (Å²) in [5, 5.41) is 12.2. The Bertz CT molecular complexity index is 1040. The summed E-state index contributed by atoms with van der Waals surface area (Å²) in [4.78, 5) is 38.4. The molecule has 2 aromatic rings. The molecule has 8 nitrogen and oxygen atoms in total. The lowest BCUT2D eigenvalue weighted by Gasteiger charge is -2.37. The summed E-state index contributed by atoms with van der Waals surface area (Å²) < 4.78 is 10.9. The molecular formula is C27H32N2O6. The number of amides is 2. The third-order valence-electron chi connectivity index (χ3n) is 6.97. The van der Waals surface area contributed by atoms with Crippen molar-refractivity contribution >= 4 is 18.0 Å². The summed E-state index contributed by atoms with van der Waals surface area (Å²) in [7, 11) is 1.42. The van der Waals surface area contributed by atoms with E-state index in [4.69, 9.17) is 9.47 Å². The molecule has 2 aliphatic rings. The van der Waals surface area contributed by atoms with E-state index in [9.17, 15) is 19.5 Å². The van der Waals surface area contributed by atoms with Crippen LogP contribution in [-0.2, 0) is 19.1 Å². The minimum absolute atomic E-state index is 0.0319. The van der Waals surface area contributed by atoms with Gasteiger partial charge >= 0.3 is 12.1 Å². The maximum absolute atomic E-state index is 13.0. The molecule has 1 saturated heterocycles. The number of carbonyl (C=O) groups is 3. The van der Waals surface area contributed by atoms with E-state index in [0.29, 0.717) is 13.0 Å². The summed E-state index contributed by atoms with van der Waals surface area (Å²) in [6.07, 6.45) is 0.00928. The highest BCUT2D eigenvalue weighted by Gasteiger charge is 2.37. The minimum Gasteiger partial charge on any atom is -0.480 e. The third-order valence-corrected chi connectivity index (χ3v) is 6.97. The Morgan fingerprint density at radius 1 is 1.06 bits per heavy atom.